The third-order valence-electron chi connectivity index (χ3n) is 1.79. The van der Waals surface area contributed by atoms with Crippen LogP contribution in [0.1, 0.15) is 12.0 Å². The third kappa shape index (κ3) is 3.79. The molecule has 0 aliphatic rings. The predicted molar refractivity (Wildman–Crippen MR) is 61.7 cm³/mol. The maximum Gasteiger partial charge on any atom is 0.146 e. The number of rotatable bonds is 5. The molecule has 1 aromatic rings. The molecule has 0 heterocycles. The Morgan fingerprint density at radius 2 is 2.07 bits per heavy atom. The number of Topliss-reactive ketones (excluding diaryl/α,β-unsaturated/α-hetero) is 1. The minimum Gasteiger partial charge on any atom is -0.298 e. The predicted octanol–water partition coefficient (Wildman–Crippen LogP) is 3.23. The zero-order chi connectivity index (χ0) is 10.4. The Labute approximate surface area is 89.2 Å². The summed E-state index contributed by atoms with van der Waals surface area (Å²) < 4.78 is 0. The number of allylic oxidation sites excluding steroid dienone is 1. The van der Waals surface area contributed by atoms with Crippen LogP contribution in [-0.4, -0.2) is 11.5 Å². The Hall–Kier alpha value is -1.02. The largest absolute Gasteiger partial charge is 0.298 e. The summed E-state index contributed by atoms with van der Waals surface area (Å²) in [5.41, 5.74) is 1.24. The van der Waals surface area contributed by atoms with Crippen LogP contribution in [0.25, 0.3) is 0 Å². The molecule has 0 spiro atoms. The molecular formula is C12H14OS. The van der Waals surface area contributed by atoms with E-state index in [1.54, 1.807) is 17.8 Å². The lowest BCUT2D eigenvalue weighted by Gasteiger charge is -2.00. The van der Waals surface area contributed by atoms with Crippen LogP contribution in [0.4, 0.5) is 0 Å². The maximum atomic E-state index is 11.2. The van der Waals surface area contributed by atoms with Gasteiger partial charge >= 0.3 is 0 Å². The molecule has 1 nitrogen and oxygen atoms in total. The van der Waals surface area contributed by atoms with E-state index in [2.05, 4.69) is 25.6 Å². The van der Waals surface area contributed by atoms with Gasteiger partial charge in [0.05, 0.1) is 5.75 Å². The number of carbonyl (C=O) groups is 1. The first-order valence-electron chi connectivity index (χ1n) is 4.54. The lowest BCUT2D eigenvalue weighted by atomic mass is 10.2. The van der Waals surface area contributed by atoms with Crippen LogP contribution in [0.5, 0.6) is 0 Å². The zero-order valence-corrected chi connectivity index (χ0v) is 9.14. The van der Waals surface area contributed by atoms with E-state index in [1.807, 2.05) is 12.1 Å². The van der Waals surface area contributed by atoms with Crippen molar-refractivity contribution in [2.75, 3.05) is 5.75 Å². The Bertz CT molecular complexity index is 314. The molecule has 0 fully saturated rings. The number of hydrogen-bond acceptors (Lipinski definition) is 2. The van der Waals surface area contributed by atoms with Crippen LogP contribution in [0.3, 0.4) is 0 Å². The van der Waals surface area contributed by atoms with Crippen LogP contribution in [-0.2, 0) is 4.79 Å². The highest BCUT2D eigenvalue weighted by atomic mass is 32.2. The van der Waals surface area contributed by atoms with Gasteiger partial charge in [-0.1, -0.05) is 23.8 Å². The number of aryl methyl sites for hydroxylation is 1. The highest BCUT2D eigenvalue weighted by Crippen LogP contribution is 2.18. The van der Waals surface area contributed by atoms with E-state index in [-0.39, 0.29) is 5.78 Å². The lowest BCUT2D eigenvalue weighted by Crippen LogP contribution is -1.98. The number of benzene rings is 1. The normalized spacial score (nSPS) is 9.79. The molecule has 1 rings (SSSR count). The highest BCUT2D eigenvalue weighted by molar-refractivity contribution is 8.00. The van der Waals surface area contributed by atoms with Gasteiger partial charge in [0.2, 0.25) is 0 Å². The van der Waals surface area contributed by atoms with E-state index in [1.165, 1.54) is 5.56 Å². The first-order chi connectivity index (χ1) is 6.72. The molecule has 0 N–H and O–H groups in total. The van der Waals surface area contributed by atoms with E-state index >= 15 is 0 Å². The second kappa shape index (κ2) is 5.66. The zero-order valence-electron chi connectivity index (χ0n) is 8.32. The molecule has 0 saturated carbocycles. The quantitative estimate of drug-likeness (QED) is 0.543. The van der Waals surface area contributed by atoms with E-state index < -0.39 is 0 Å². The lowest BCUT2D eigenvalue weighted by molar-refractivity contribution is -0.115. The fraction of sp³-hybridized carbons (Fsp3) is 0.250. The summed E-state index contributed by atoms with van der Waals surface area (Å²) in [6.45, 7) is 5.59. The van der Waals surface area contributed by atoms with E-state index in [9.17, 15) is 4.79 Å². The standard InChI is InChI=1S/C12H14OS/c1-3-4-11(13)9-14-12-7-5-10(2)6-8-12/h3,5-8H,1,4,9H2,2H3. The summed E-state index contributed by atoms with van der Waals surface area (Å²) in [7, 11) is 0. The molecule has 0 aliphatic heterocycles. The second-order valence-electron chi connectivity index (χ2n) is 3.13. The van der Waals surface area contributed by atoms with Crippen molar-refractivity contribution in [1.29, 1.82) is 0 Å². The highest BCUT2D eigenvalue weighted by Gasteiger charge is 2.00. The fourth-order valence-corrected chi connectivity index (χ4v) is 1.79. The monoisotopic (exact) mass is 206 g/mol. The van der Waals surface area contributed by atoms with Gasteiger partial charge < -0.3 is 0 Å². The SMILES string of the molecule is C=CCC(=O)CSc1ccc(C)cc1. The molecule has 0 bridgehead atoms. The van der Waals surface area contributed by atoms with Gasteiger partial charge in [-0.05, 0) is 19.1 Å². The van der Waals surface area contributed by atoms with Gasteiger partial charge in [0.25, 0.3) is 0 Å². The minimum absolute atomic E-state index is 0.227. The van der Waals surface area contributed by atoms with Crippen molar-refractivity contribution in [3.8, 4) is 0 Å². The number of thioether (sulfide) groups is 1. The van der Waals surface area contributed by atoms with Gasteiger partial charge in [-0.25, -0.2) is 0 Å². The van der Waals surface area contributed by atoms with Crippen molar-refractivity contribution in [3.05, 3.63) is 42.5 Å². The van der Waals surface area contributed by atoms with Gasteiger partial charge in [0, 0.05) is 11.3 Å². The Morgan fingerprint density at radius 1 is 1.43 bits per heavy atom. The van der Waals surface area contributed by atoms with Crippen LogP contribution in [0, 0.1) is 6.92 Å². The first-order valence-corrected chi connectivity index (χ1v) is 5.53. The second-order valence-corrected chi connectivity index (χ2v) is 4.18. The molecule has 2 heteroatoms. The van der Waals surface area contributed by atoms with Gasteiger partial charge in [-0.2, -0.15) is 0 Å². The third-order valence-corrected chi connectivity index (χ3v) is 2.86. The number of hydrogen-bond donors (Lipinski definition) is 0. The summed E-state index contributed by atoms with van der Waals surface area (Å²) >= 11 is 1.58. The van der Waals surface area contributed by atoms with Crippen molar-refractivity contribution >= 4 is 17.5 Å². The first kappa shape index (κ1) is 11.1. The van der Waals surface area contributed by atoms with Crippen molar-refractivity contribution in [2.45, 2.75) is 18.2 Å². The van der Waals surface area contributed by atoms with Crippen LogP contribution >= 0.6 is 11.8 Å². The fourth-order valence-electron chi connectivity index (χ4n) is 1.02. The smallest absolute Gasteiger partial charge is 0.146 e. The summed E-state index contributed by atoms with van der Waals surface area (Å²) in [4.78, 5) is 12.3. The molecule has 0 aromatic heterocycles. The molecule has 0 unspecified atom stereocenters. The molecule has 0 aliphatic carbocycles. The summed E-state index contributed by atoms with van der Waals surface area (Å²) in [6.07, 6.45) is 2.12. The average molecular weight is 206 g/mol. The number of ketones is 1. The van der Waals surface area contributed by atoms with Crippen molar-refractivity contribution < 1.29 is 4.79 Å². The molecule has 1 aromatic carbocycles. The van der Waals surface area contributed by atoms with Crippen LogP contribution in [0.15, 0.2) is 41.8 Å². The van der Waals surface area contributed by atoms with Gasteiger partial charge in [0.15, 0.2) is 0 Å². The molecule has 74 valence electrons. The molecule has 14 heavy (non-hydrogen) atoms. The van der Waals surface area contributed by atoms with Crippen molar-refractivity contribution in [3.63, 3.8) is 0 Å². The molecule has 0 saturated heterocycles. The van der Waals surface area contributed by atoms with E-state index in [0.717, 1.165) is 4.90 Å². The van der Waals surface area contributed by atoms with Gasteiger partial charge in [-0.15, -0.1) is 18.3 Å². The molecule has 0 amide bonds. The Balaban J connectivity index is 2.41. The molecular weight excluding hydrogens is 192 g/mol. The van der Waals surface area contributed by atoms with Crippen LogP contribution < -0.4 is 0 Å². The molecule has 0 radical (unpaired) electrons. The van der Waals surface area contributed by atoms with Crippen LogP contribution in [0.2, 0.25) is 0 Å². The van der Waals surface area contributed by atoms with Gasteiger partial charge in [-0.3, -0.25) is 4.79 Å². The topological polar surface area (TPSA) is 17.1 Å². The number of carbonyl (C=O) groups excluding carboxylic acids is 1. The van der Waals surface area contributed by atoms with Crippen molar-refractivity contribution in [1.82, 2.24) is 0 Å². The average Bonchev–Trinajstić information content (AvgIpc) is 2.17. The summed E-state index contributed by atoms with van der Waals surface area (Å²) in [5, 5.41) is 0. The molecule has 0 atom stereocenters. The Kier molecular flexibility index (Phi) is 4.47. The minimum atomic E-state index is 0.227. The Morgan fingerprint density at radius 3 is 2.64 bits per heavy atom. The van der Waals surface area contributed by atoms with E-state index in [0.29, 0.717) is 12.2 Å². The summed E-state index contributed by atoms with van der Waals surface area (Å²) in [6, 6.07) is 8.20. The van der Waals surface area contributed by atoms with Crippen molar-refractivity contribution in [2.24, 2.45) is 0 Å². The van der Waals surface area contributed by atoms with Gasteiger partial charge in [0.1, 0.15) is 5.78 Å². The maximum absolute atomic E-state index is 11.2. The van der Waals surface area contributed by atoms with E-state index in [4.69, 9.17) is 0 Å². The summed E-state index contributed by atoms with van der Waals surface area (Å²) in [5.74, 6) is 0.764.